The van der Waals surface area contributed by atoms with Crippen molar-refractivity contribution in [3.8, 4) is 0 Å². The van der Waals surface area contributed by atoms with Gasteiger partial charge >= 0.3 is 41.9 Å². The molecule has 0 unspecified atom stereocenters. The van der Waals surface area contributed by atoms with Crippen LogP contribution in [0.4, 0.5) is 0 Å². The molecule has 0 aliphatic rings. The Bertz CT molecular complexity index is 623. The summed E-state index contributed by atoms with van der Waals surface area (Å²) in [6, 6.07) is 9.71. The summed E-state index contributed by atoms with van der Waals surface area (Å²) in [6.07, 6.45) is 15.2. The van der Waals surface area contributed by atoms with Gasteiger partial charge in [0, 0.05) is 0 Å². The molecule has 0 aromatic heterocycles. The zero-order valence-electron chi connectivity index (χ0n) is 23.6. The Balaban J connectivity index is -0.000000465. The Morgan fingerprint density at radius 2 is 0.824 bits per heavy atom. The van der Waals surface area contributed by atoms with E-state index in [4.69, 9.17) is 0 Å². The fraction of sp³-hybridized carbons (Fsp3) is 0.667. The van der Waals surface area contributed by atoms with E-state index in [1.54, 1.807) is 56.7 Å². The topological polar surface area (TPSA) is 0 Å². The van der Waals surface area contributed by atoms with E-state index in [9.17, 15) is 0 Å². The van der Waals surface area contributed by atoms with Crippen molar-refractivity contribution in [1.82, 2.24) is 0 Å². The molecule has 0 aliphatic heterocycles. The van der Waals surface area contributed by atoms with Crippen LogP contribution in [0.1, 0.15) is 113 Å². The number of halogens is 2. The maximum Gasteiger partial charge on any atom is -1.00 e. The molecule has 0 spiro atoms. The minimum Gasteiger partial charge on any atom is -1.00 e. The number of hydrogen-bond donors (Lipinski definition) is 0. The maximum atomic E-state index is 2.43. The molecule has 4 heteroatoms. The van der Waals surface area contributed by atoms with Gasteiger partial charge in [-0.05, 0) is 0 Å². The third-order valence-corrected chi connectivity index (χ3v) is 5.42. The zero-order chi connectivity index (χ0) is 24.4. The van der Waals surface area contributed by atoms with Gasteiger partial charge in [0.25, 0.3) is 0 Å². The second-order valence-corrected chi connectivity index (χ2v) is 18.7. The molecular formula is C30H52Cl2SiZr-2. The van der Waals surface area contributed by atoms with Crippen molar-refractivity contribution in [2.75, 3.05) is 0 Å². The van der Waals surface area contributed by atoms with Gasteiger partial charge in [0.1, 0.15) is 0 Å². The van der Waals surface area contributed by atoms with Gasteiger partial charge in [0.2, 0.25) is 0 Å². The quantitative estimate of drug-likeness (QED) is 0.258. The maximum absolute atomic E-state index is 2.43. The summed E-state index contributed by atoms with van der Waals surface area (Å²) < 4.78 is 0. The van der Waals surface area contributed by atoms with E-state index < -0.39 is 0 Å². The standard InChI is InChI=1S/2C14H23.C2H6Si.2ClH.Zr/c2*1-4-7-12-10-13(8-5-2)14(11-12)9-6-3;1-3-2;;;/h2*10-11H,4-9H2,1-3H3;1-2H3;2*1H;/q2*-1;;;;+2/p-2. The van der Waals surface area contributed by atoms with Crippen LogP contribution in [0.15, 0.2) is 24.3 Å². The molecule has 0 nitrogen and oxygen atoms in total. The van der Waals surface area contributed by atoms with Crippen LogP contribution < -0.4 is 24.8 Å². The summed E-state index contributed by atoms with van der Waals surface area (Å²) >= 11 is 1.74. The summed E-state index contributed by atoms with van der Waals surface area (Å²) in [5, 5.41) is 0. The molecule has 2 aromatic rings. The van der Waals surface area contributed by atoms with E-state index >= 15 is 0 Å². The van der Waals surface area contributed by atoms with Gasteiger partial charge in [-0.1, -0.05) is 119 Å². The molecule has 2 aromatic carbocycles. The summed E-state index contributed by atoms with van der Waals surface area (Å²) in [5.74, 6) is 0. The third kappa shape index (κ3) is 17.8. The normalized spacial score (nSPS) is 9.71. The van der Waals surface area contributed by atoms with Crippen molar-refractivity contribution in [3.63, 3.8) is 0 Å². The smallest absolute Gasteiger partial charge is 1.00 e. The molecule has 0 amide bonds. The van der Waals surface area contributed by atoms with Crippen molar-refractivity contribution < 1.29 is 48.1 Å². The summed E-state index contributed by atoms with van der Waals surface area (Å²) in [7, 11) is 0. The molecule has 0 fully saturated rings. The Morgan fingerprint density at radius 3 is 1.06 bits per heavy atom. The van der Waals surface area contributed by atoms with E-state index in [1.807, 2.05) is 0 Å². The van der Waals surface area contributed by atoms with Crippen molar-refractivity contribution in [2.24, 2.45) is 0 Å². The van der Waals surface area contributed by atoms with Crippen molar-refractivity contribution in [3.05, 3.63) is 57.6 Å². The summed E-state index contributed by atoms with van der Waals surface area (Å²) in [4.78, 5) is 0. The van der Waals surface area contributed by atoms with Crippen LogP contribution >= 0.6 is 0 Å². The van der Waals surface area contributed by atoms with Gasteiger partial charge in [0.15, 0.2) is 0 Å². The monoisotopic (exact) mass is 600 g/mol. The van der Waals surface area contributed by atoms with Crippen LogP contribution in [0.5, 0.6) is 0 Å². The fourth-order valence-corrected chi connectivity index (χ4v) is 4.22. The molecule has 0 saturated heterocycles. The van der Waals surface area contributed by atoms with Gasteiger partial charge in [0.05, 0.1) is 0 Å². The van der Waals surface area contributed by atoms with Crippen LogP contribution in [0, 0.1) is 0 Å². The molecule has 2 rings (SSSR count). The molecule has 34 heavy (non-hydrogen) atoms. The van der Waals surface area contributed by atoms with Gasteiger partial charge in [-0.25, -0.2) is 12.1 Å². The first-order chi connectivity index (χ1) is 15.4. The molecular weight excluding hydrogens is 551 g/mol. The van der Waals surface area contributed by atoms with Crippen molar-refractivity contribution >= 4 is 5.43 Å². The van der Waals surface area contributed by atoms with Gasteiger partial charge < -0.3 is 24.8 Å². The van der Waals surface area contributed by atoms with Gasteiger partial charge in [-0.3, -0.25) is 0 Å². The third-order valence-electron chi connectivity index (χ3n) is 5.42. The van der Waals surface area contributed by atoms with E-state index in [0.29, 0.717) is 0 Å². The van der Waals surface area contributed by atoms with Gasteiger partial charge in [-0.15, -0.1) is 0 Å². The van der Waals surface area contributed by atoms with Crippen LogP contribution in [-0.4, -0.2) is 5.43 Å². The van der Waals surface area contributed by atoms with E-state index in [-0.39, 0.29) is 30.2 Å². The first-order valence-electron chi connectivity index (χ1n) is 13.4. The average molecular weight is 603 g/mol. The Labute approximate surface area is 241 Å². The SMILES string of the molecule is CCCc1cc(CCC)c(CCC)[cH-]1.CCCc1cc(CCC)c(CCC)[cH-]1.C[Si](C)=[Zr+2].[Cl-].[Cl-]. The molecule has 0 saturated carbocycles. The Morgan fingerprint density at radius 1 is 0.559 bits per heavy atom. The van der Waals surface area contributed by atoms with E-state index in [0.717, 1.165) is 0 Å². The number of aryl methyl sites for hydroxylation is 6. The molecule has 0 atom stereocenters. The zero-order valence-corrected chi connectivity index (χ0v) is 28.5. The largest absolute Gasteiger partial charge is 1.00 e. The average Bonchev–Trinajstić information content (AvgIpc) is 3.28. The first kappa shape index (κ1) is 38.9. The molecule has 196 valence electrons. The predicted octanol–water partition coefficient (Wildman–Crippen LogP) is 3.32. The Hall–Kier alpha value is 0.380. The second kappa shape index (κ2) is 25.0. The van der Waals surface area contributed by atoms with Crippen LogP contribution in [0.3, 0.4) is 0 Å². The molecule has 0 radical (unpaired) electrons. The van der Waals surface area contributed by atoms with Crippen LogP contribution in [0.2, 0.25) is 13.1 Å². The fourth-order valence-electron chi connectivity index (χ4n) is 4.22. The first-order valence-corrected chi connectivity index (χ1v) is 19.6. The van der Waals surface area contributed by atoms with Crippen LogP contribution in [0.25, 0.3) is 0 Å². The number of rotatable bonds is 12. The van der Waals surface area contributed by atoms with E-state index in [2.05, 4.69) is 78.9 Å². The summed E-state index contributed by atoms with van der Waals surface area (Å²) in [6.45, 7) is 18.2. The minimum atomic E-state index is 0. The molecule has 0 N–H and O–H groups in total. The molecule has 0 bridgehead atoms. The van der Waals surface area contributed by atoms with Gasteiger partial charge in [-0.2, -0.15) is 45.5 Å². The molecule has 0 aliphatic carbocycles. The van der Waals surface area contributed by atoms with Crippen molar-refractivity contribution in [2.45, 2.75) is 132 Å². The Kier molecular flexibility index (Phi) is 28.7. The summed E-state index contributed by atoms with van der Waals surface area (Å²) in [5.41, 5.74) is 9.76. The minimum absolute atomic E-state index is 0. The molecule has 0 heterocycles. The van der Waals surface area contributed by atoms with Crippen LogP contribution in [-0.2, 0) is 61.9 Å². The number of hydrogen-bond acceptors (Lipinski definition) is 0. The predicted molar refractivity (Wildman–Crippen MR) is 146 cm³/mol. The van der Waals surface area contributed by atoms with E-state index in [1.165, 1.54) is 77.0 Å². The van der Waals surface area contributed by atoms with Crippen molar-refractivity contribution in [1.29, 1.82) is 0 Å². The second-order valence-electron chi connectivity index (χ2n) is 9.33.